The first kappa shape index (κ1) is 14.7. The number of piperidine rings is 1. The van der Waals surface area contributed by atoms with Crippen LogP contribution in [0.25, 0.3) is 5.69 Å². The van der Waals surface area contributed by atoms with E-state index in [2.05, 4.69) is 5.10 Å². The molecule has 2 heterocycles. The van der Waals surface area contributed by atoms with Crippen LogP contribution in [-0.4, -0.2) is 40.2 Å². The molecule has 1 amide bonds. The average Bonchev–Trinajstić information content (AvgIpc) is 3.08. The Kier molecular flexibility index (Phi) is 4.20. The third kappa shape index (κ3) is 2.87. The normalized spacial score (nSPS) is 16.0. The fraction of sp³-hybridized carbons (Fsp3) is 0.375. The Morgan fingerprint density at radius 3 is 2.73 bits per heavy atom. The molecule has 1 saturated heterocycles. The van der Waals surface area contributed by atoms with Crippen LogP contribution in [0, 0.1) is 11.7 Å². The summed E-state index contributed by atoms with van der Waals surface area (Å²) >= 11 is 0. The van der Waals surface area contributed by atoms with Gasteiger partial charge < -0.3 is 10.6 Å². The molecule has 1 aromatic heterocycles. The van der Waals surface area contributed by atoms with Crippen molar-refractivity contribution < 1.29 is 9.18 Å². The number of halogens is 1. The maximum absolute atomic E-state index is 14.2. The van der Waals surface area contributed by atoms with E-state index in [1.807, 2.05) is 0 Å². The van der Waals surface area contributed by atoms with Gasteiger partial charge in [0.1, 0.15) is 11.5 Å². The number of hydrogen-bond acceptors (Lipinski definition) is 3. The van der Waals surface area contributed by atoms with Crippen molar-refractivity contribution in [3.63, 3.8) is 0 Å². The SMILES string of the molecule is NCC1CCN(C(=O)c2ccc(-n3cccn3)c(F)c2)CC1. The van der Waals surface area contributed by atoms with Crippen LogP contribution in [0.15, 0.2) is 36.7 Å². The van der Waals surface area contributed by atoms with Crippen LogP contribution < -0.4 is 5.73 Å². The van der Waals surface area contributed by atoms with Gasteiger partial charge in [0.2, 0.25) is 0 Å². The van der Waals surface area contributed by atoms with Gasteiger partial charge in [-0.2, -0.15) is 5.10 Å². The van der Waals surface area contributed by atoms with E-state index < -0.39 is 5.82 Å². The highest BCUT2D eigenvalue weighted by molar-refractivity contribution is 5.94. The number of rotatable bonds is 3. The Morgan fingerprint density at radius 1 is 1.36 bits per heavy atom. The van der Waals surface area contributed by atoms with Gasteiger partial charge in [0.25, 0.3) is 5.91 Å². The molecule has 0 bridgehead atoms. The van der Waals surface area contributed by atoms with Crippen molar-refractivity contribution in [3.8, 4) is 5.69 Å². The molecule has 22 heavy (non-hydrogen) atoms. The Labute approximate surface area is 128 Å². The third-order valence-corrected chi connectivity index (χ3v) is 4.18. The second-order valence-electron chi connectivity index (χ2n) is 5.59. The Balaban J connectivity index is 1.75. The predicted molar refractivity (Wildman–Crippen MR) is 81.2 cm³/mol. The molecule has 2 N–H and O–H groups in total. The summed E-state index contributed by atoms with van der Waals surface area (Å²) in [5.41, 5.74) is 6.37. The minimum Gasteiger partial charge on any atom is -0.339 e. The number of carbonyl (C=O) groups excluding carboxylic acids is 1. The van der Waals surface area contributed by atoms with Crippen molar-refractivity contribution in [1.82, 2.24) is 14.7 Å². The van der Waals surface area contributed by atoms with Gasteiger partial charge in [-0.05, 0) is 49.6 Å². The number of aromatic nitrogens is 2. The summed E-state index contributed by atoms with van der Waals surface area (Å²) in [6.07, 6.45) is 5.07. The first-order valence-corrected chi connectivity index (χ1v) is 7.48. The van der Waals surface area contributed by atoms with Gasteiger partial charge in [-0.3, -0.25) is 4.79 Å². The van der Waals surface area contributed by atoms with Gasteiger partial charge in [-0.1, -0.05) is 0 Å². The zero-order valence-corrected chi connectivity index (χ0v) is 12.3. The Hall–Kier alpha value is -2.21. The molecule has 3 rings (SSSR count). The highest BCUT2D eigenvalue weighted by atomic mass is 19.1. The van der Waals surface area contributed by atoms with Crippen LogP contribution in [-0.2, 0) is 0 Å². The number of nitrogens with two attached hydrogens (primary N) is 1. The lowest BCUT2D eigenvalue weighted by Gasteiger charge is -2.31. The molecule has 2 aromatic rings. The molecular formula is C16H19FN4O. The van der Waals surface area contributed by atoms with Gasteiger partial charge in [0.15, 0.2) is 0 Å². The average molecular weight is 302 g/mol. The zero-order valence-electron chi connectivity index (χ0n) is 12.3. The van der Waals surface area contributed by atoms with E-state index in [4.69, 9.17) is 5.73 Å². The molecule has 6 heteroatoms. The maximum atomic E-state index is 14.2. The van der Waals surface area contributed by atoms with E-state index in [9.17, 15) is 9.18 Å². The summed E-state index contributed by atoms with van der Waals surface area (Å²) in [5.74, 6) is -0.0873. The number of carbonyl (C=O) groups is 1. The molecule has 1 aliphatic heterocycles. The topological polar surface area (TPSA) is 64.2 Å². The number of benzene rings is 1. The zero-order chi connectivity index (χ0) is 15.5. The summed E-state index contributed by atoms with van der Waals surface area (Å²) in [6.45, 7) is 2.03. The molecule has 1 fully saturated rings. The van der Waals surface area contributed by atoms with Gasteiger partial charge in [-0.25, -0.2) is 9.07 Å². The van der Waals surface area contributed by atoms with Crippen LogP contribution in [0.5, 0.6) is 0 Å². The van der Waals surface area contributed by atoms with Crippen molar-refractivity contribution in [2.75, 3.05) is 19.6 Å². The highest BCUT2D eigenvalue weighted by Crippen LogP contribution is 2.20. The lowest BCUT2D eigenvalue weighted by atomic mass is 9.96. The van der Waals surface area contributed by atoms with Crippen molar-refractivity contribution in [2.24, 2.45) is 11.7 Å². The smallest absolute Gasteiger partial charge is 0.253 e. The molecule has 0 atom stereocenters. The largest absolute Gasteiger partial charge is 0.339 e. The number of likely N-dealkylation sites (tertiary alicyclic amines) is 1. The number of hydrogen-bond donors (Lipinski definition) is 1. The number of amides is 1. The first-order valence-electron chi connectivity index (χ1n) is 7.48. The van der Waals surface area contributed by atoms with Gasteiger partial charge >= 0.3 is 0 Å². The minimum atomic E-state index is -0.452. The van der Waals surface area contributed by atoms with E-state index >= 15 is 0 Å². The predicted octanol–water partition coefficient (Wildman–Crippen LogP) is 1.82. The summed E-state index contributed by atoms with van der Waals surface area (Å²) in [6, 6.07) is 6.24. The maximum Gasteiger partial charge on any atom is 0.253 e. The standard InChI is InChI=1S/C16H19FN4O/c17-14-10-13(2-3-15(14)21-7-1-6-19-21)16(22)20-8-4-12(11-18)5-9-20/h1-3,6-7,10,12H,4-5,8-9,11,18H2. The van der Waals surface area contributed by atoms with Crippen molar-refractivity contribution >= 4 is 5.91 Å². The Bertz CT molecular complexity index is 648. The molecule has 1 aromatic carbocycles. The van der Waals surface area contributed by atoms with Gasteiger partial charge in [0, 0.05) is 31.0 Å². The van der Waals surface area contributed by atoms with Crippen LogP contribution >= 0.6 is 0 Å². The summed E-state index contributed by atoms with van der Waals surface area (Å²) in [4.78, 5) is 14.2. The fourth-order valence-electron chi connectivity index (χ4n) is 2.79. The van der Waals surface area contributed by atoms with E-state index in [0.717, 1.165) is 12.8 Å². The molecule has 0 saturated carbocycles. The minimum absolute atomic E-state index is 0.124. The summed E-state index contributed by atoms with van der Waals surface area (Å²) in [5, 5.41) is 4.00. The van der Waals surface area contributed by atoms with E-state index in [-0.39, 0.29) is 5.91 Å². The number of nitrogens with zero attached hydrogens (tertiary/aromatic N) is 3. The monoisotopic (exact) mass is 302 g/mol. The molecule has 5 nitrogen and oxygen atoms in total. The first-order chi connectivity index (χ1) is 10.7. The van der Waals surface area contributed by atoms with Crippen molar-refractivity contribution in [1.29, 1.82) is 0 Å². The van der Waals surface area contributed by atoms with E-state index in [1.54, 1.807) is 35.5 Å². The molecule has 0 spiro atoms. The molecule has 1 aliphatic rings. The molecule has 116 valence electrons. The van der Waals surface area contributed by atoms with Gasteiger partial charge in [0.05, 0.1) is 0 Å². The fourth-order valence-corrected chi connectivity index (χ4v) is 2.79. The van der Waals surface area contributed by atoms with Crippen LogP contribution in [0.4, 0.5) is 4.39 Å². The molecule has 0 unspecified atom stereocenters. The van der Waals surface area contributed by atoms with E-state index in [0.29, 0.717) is 36.8 Å². The van der Waals surface area contributed by atoms with Crippen molar-refractivity contribution in [2.45, 2.75) is 12.8 Å². The lowest BCUT2D eigenvalue weighted by Crippen LogP contribution is -2.40. The van der Waals surface area contributed by atoms with Crippen LogP contribution in [0.1, 0.15) is 23.2 Å². The second kappa shape index (κ2) is 6.27. The van der Waals surface area contributed by atoms with Gasteiger partial charge in [-0.15, -0.1) is 0 Å². The highest BCUT2D eigenvalue weighted by Gasteiger charge is 2.23. The summed E-state index contributed by atoms with van der Waals surface area (Å²) < 4.78 is 15.7. The Morgan fingerprint density at radius 2 is 2.14 bits per heavy atom. The molecule has 0 aliphatic carbocycles. The van der Waals surface area contributed by atoms with Crippen LogP contribution in [0.2, 0.25) is 0 Å². The molecule has 0 radical (unpaired) electrons. The quantitative estimate of drug-likeness (QED) is 0.940. The molecular weight excluding hydrogens is 283 g/mol. The van der Waals surface area contributed by atoms with Crippen LogP contribution in [0.3, 0.4) is 0 Å². The second-order valence-corrected chi connectivity index (χ2v) is 5.59. The van der Waals surface area contributed by atoms with E-state index in [1.165, 1.54) is 10.7 Å². The summed E-state index contributed by atoms with van der Waals surface area (Å²) in [7, 11) is 0. The van der Waals surface area contributed by atoms with Crippen molar-refractivity contribution in [3.05, 3.63) is 48.0 Å². The third-order valence-electron chi connectivity index (χ3n) is 4.18. The lowest BCUT2D eigenvalue weighted by molar-refractivity contribution is 0.0693.